The van der Waals surface area contributed by atoms with E-state index >= 15 is 0 Å². The zero-order valence-electron chi connectivity index (χ0n) is 16.8. The van der Waals surface area contributed by atoms with E-state index in [1.54, 1.807) is 0 Å². The number of ether oxygens (including phenoxy) is 1. The van der Waals surface area contributed by atoms with Crippen molar-refractivity contribution in [2.24, 2.45) is 0 Å². The van der Waals surface area contributed by atoms with Crippen LogP contribution in [0.4, 0.5) is 0 Å². The van der Waals surface area contributed by atoms with Crippen LogP contribution < -0.4 is 5.32 Å². The summed E-state index contributed by atoms with van der Waals surface area (Å²) in [6, 6.07) is 9.86. The summed E-state index contributed by atoms with van der Waals surface area (Å²) in [6.45, 7) is 2.15. The molecule has 7 heteroatoms. The number of likely N-dealkylation sites (tertiary alicyclic amines) is 1. The van der Waals surface area contributed by atoms with Crippen LogP contribution in [0.1, 0.15) is 36.2 Å². The van der Waals surface area contributed by atoms with Crippen LogP contribution in [-0.2, 0) is 9.53 Å². The lowest BCUT2D eigenvalue weighted by Gasteiger charge is -2.54. The quantitative estimate of drug-likeness (QED) is 0.829. The highest BCUT2D eigenvalue weighted by atomic mass is 16.5. The summed E-state index contributed by atoms with van der Waals surface area (Å²) in [4.78, 5) is 32.6. The van der Waals surface area contributed by atoms with Crippen LogP contribution >= 0.6 is 0 Å². The molecule has 2 aliphatic heterocycles. The molecule has 154 valence electrons. The van der Waals surface area contributed by atoms with Gasteiger partial charge in [0, 0.05) is 23.5 Å². The van der Waals surface area contributed by atoms with Crippen LogP contribution in [0, 0.1) is 0 Å². The minimum absolute atomic E-state index is 0.000761. The number of nitrogens with zero attached hydrogens (tertiary/aromatic N) is 2. The first-order valence-corrected chi connectivity index (χ1v) is 10.5. The van der Waals surface area contributed by atoms with Crippen molar-refractivity contribution in [3.05, 3.63) is 36.0 Å². The van der Waals surface area contributed by atoms with Gasteiger partial charge in [0.05, 0.1) is 19.7 Å². The van der Waals surface area contributed by atoms with Gasteiger partial charge < -0.3 is 19.9 Å². The Kier molecular flexibility index (Phi) is 4.59. The summed E-state index contributed by atoms with van der Waals surface area (Å²) in [7, 11) is 1.98. The van der Waals surface area contributed by atoms with E-state index in [-0.39, 0.29) is 23.5 Å². The van der Waals surface area contributed by atoms with E-state index in [1.807, 2.05) is 42.3 Å². The van der Waals surface area contributed by atoms with Crippen molar-refractivity contribution in [2.75, 3.05) is 33.3 Å². The number of aromatic nitrogens is 1. The van der Waals surface area contributed by atoms with Crippen molar-refractivity contribution < 1.29 is 14.3 Å². The van der Waals surface area contributed by atoms with E-state index in [2.05, 4.69) is 15.2 Å². The molecule has 1 aliphatic carbocycles. The Labute approximate surface area is 170 Å². The number of rotatable bonds is 3. The number of para-hydroxylation sites is 1. The van der Waals surface area contributed by atoms with Gasteiger partial charge in [-0.1, -0.05) is 31.0 Å². The van der Waals surface area contributed by atoms with Gasteiger partial charge in [-0.05, 0) is 32.0 Å². The first-order valence-electron chi connectivity index (χ1n) is 10.5. The van der Waals surface area contributed by atoms with Crippen LogP contribution in [-0.4, -0.2) is 77.6 Å². The Hall–Kier alpha value is -2.38. The van der Waals surface area contributed by atoms with Crippen molar-refractivity contribution in [3.63, 3.8) is 0 Å². The second kappa shape index (κ2) is 7.15. The summed E-state index contributed by atoms with van der Waals surface area (Å²) in [5, 5.41) is 4.21. The molecule has 0 bridgehead atoms. The molecule has 5 rings (SSSR count). The molecule has 3 heterocycles. The first-order chi connectivity index (χ1) is 14.0. The van der Waals surface area contributed by atoms with E-state index < -0.39 is 0 Å². The van der Waals surface area contributed by atoms with Crippen molar-refractivity contribution >= 4 is 22.7 Å². The smallest absolute Gasteiger partial charge is 0.270 e. The number of carbonyl (C=O) groups excluding carboxylic acids is 2. The van der Waals surface area contributed by atoms with Crippen LogP contribution in [0.25, 0.3) is 10.9 Å². The van der Waals surface area contributed by atoms with Crippen LogP contribution in [0.15, 0.2) is 30.3 Å². The predicted octanol–water partition coefficient (Wildman–Crippen LogP) is 1.75. The number of aromatic amines is 1. The highest BCUT2D eigenvalue weighted by molar-refractivity contribution is 5.98. The number of morpholine rings is 1. The summed E-state index contributed by atoms with van der Waals surface area (Å²) in [5.74, 6) is 0.0683. The van der Waals surface area contributed by atoms with Gasteiger partial charge in [0.2, 0.25) is 5.91 Å². The fourth-order valence-corrected chi connectivity index (χ4v) is 4.98. The number of nitrogens with one attached hydrogen (secondary N) is 2. The molecule has 3 aliphatic rings. The topological polar surface area (TPSA) is 77.7 Å². The lowest BCUT2D eigenvalue weighted by Crippen LogP contribution is -2.73. The molecule has 1 aromatic heterocycles. The second-order valence-corrected chi connectivity index (χ2v) is 8.85. The number of hydrogen-bond acceptors (Lipinski definition) is 4. The normalized spacial score (nSPS) is 24.7. The molecule has 1 aromatic carbocycles. The Bertz CT molecular complexity index is 894. The Morgan fingerprint density at radius 1 is 1.17 bits per heavy atom. The lowest BCUT2D eigenvalue weighted by molar-refractivity contribution is -0.187. The maximum Gasteiger partial charge on any atom is 0.270 e. The average Bonchev–Trinajstić information content (AvgIpc) is 3.34. The largest absolute Gasteiger partial charge is 0.368 e. The molecule has 3 fully saturated rings. The van der Waals surface area contributed by atoms with Gasteiger partial charge in [0.25, 0.3) is 5.91 Å². The molecule has 2 aromatic rings. The molecule has 0 radical (unpaired) electrons. The van der Waals surface area contributed by atoms with Crippen LogP contribution in [0.2, 0.25) is 0 Å². The Morgan fingerprint density at radius 3 is 2.66 bits per heavy atom. The standard InChI is InChI=1S/C22H28N4O3/c1-25-12-22(29-11-19(25)20(27)23-16-7-3-4-8-16)13-26(14-22)21(28)18-10-15-6-2-5-9-17(15)24-18/h2,5-6,9-10,16,19,24H,3-4,7-8,11-14H2,1H3,(H,23,27)/t19-/m1/s1. The summed E-state index contributed by atoms with van der Waals surface area (Å²) in [5.41, 5.74) is 1.22. The molecule has 1 spiro atoms. The van der Waals surface area contributed by atoms with Gasteiger partial charge in [0.15, 0.2) is 0 Å². The molecule has 1 saturated carbocycles. The van der Waals surface area contributed by atoms with Crippen molar-refractivity contribution in [1.82, 2.24) is 20.1 Å². The highest BCUT2D eigenvalue weighted by Crippen LogP contribution is 2.32. The van der Waals surface area contributed by atoms with Crippen LogP contribution in [0.3, 0.4) is 0 Å². The zero-order chi connectivity index (χ0) is 20.0. The fourth-order valence-electron chi connectivity index (χ4n) is 4.98. The van der Waals surface area contributed by atoms with Gasteiger partial charge in [0.1, 0.15) is 17.3 Å². The third kappa shape index (κ3) is 3.42. The SMILES string of the molecule is CN1CC2(CN(C(=O)c3cc4ccccc4[nH]3)C2)OC[C@@H]1C(=O)NC1CCCC1. The monoisotopic (exact) mass is 396 g/mol. The maximum absolute atomic E-state index is 12.8. The Morgan fingerprint density at radius 2 is 1.93 bits per heavy atom. The third-order valence-corrected chi connectivity index (χ3v) is 6.63. The number of carbonyl (C=O) groups is 2. The molecule has 2 saturated heterocycles. The lowest BCUT2D eigenvalue weighted by atomic mass is 9.90. The van der Waals surface area contributed by atoms with Gasteiger partial charge in [-0.3, -0.25) is 14.5 Å². The summed E-state index contributed by atoms with van der Waals surface area (Å²) < 4.78 is 6.14. The predicted molar refractivity (Wildman–Crippen MR) is 110 cm³/mol. The molecule has 29 heavy (non-hydrogen) atoms. The van der Waals surface area contributed by atoms with Crippen molar-refractivity contribution in [1.29, 1.82) is 0 Å². The van der Waals surface area contributed by atoms with Gasteiger partial charge >= 0.3 is 0 Å². The number of likely N-dealkylation sites (N-methyl/N-ethyl adjacent to an activating group) is 1. The number of amides is 2. The number of benzene rings is 1. The summed E-state index contributed by atoms with van der Waals surface area (Å²) >= 11 is 0. The van der Waals surface area contributed by atoms with E-state index in [9.17, 15) is 9.59 Å². The second-order valence-electron chi connectivity index (χ2n) is 8.85. The molecule has 2 N–H and O–H groups in total. The number of hydrogen-bond donors (Lipinski definition) is 2. The van der Waals surface area contributed by atoms with Crippen molar-refractivity contribution in [2.45, 2.75) is 43.4 Å². The average molecular weight is 396 g/mol. The Balaban J connectivity index is 1.18. The third-order valence-electron chi connectivity index (χ3n) is 6.63. The summed E-state index contributed by atoms with van der Waals surface area (Å²) in [6.07, 6.45) is 4.56. The van der Waals surface area contributed by atoms with E-state index in [4.69, 9.17) is 4.74 Å². The zero-order valence-corrected chi connectivity index (χ0v) is 16.8. The molecule has 2 amide bonds. The van der Waals surface area contributed by atoms with Crippen molar-refractivity contribution in [3.8, 4) is 0 Å². The maximum atomic E-state index is 12.8. The molecular formula is C22H28N4O3. The van der Waals surface area contributed by atoms with Crippen LogP contribution in [0.5, 0.6) is 0 Å². The van der Waals surface area contributed by atoms with Gasteiger partial charge in [-0.2, -0.15) is 0 Å². The minimum atomic E-state index is -0.361. The van der Waals surface area contributed by atoms with Gasteiger partial charge in [-0.15, -0.1) is 0 Å². The van der Waals surface area contributed by atoms with Gasteiger partial charge in [-0.25, -0.2) is 0 Å². The molecule has 0 unspecified atom stereocenters. The van der Waals surface area contributed by atoms with E-state index in [1.165, 1.54) is 12.8 Å². The van der Waals surface area contributed by atoms with E-state index in [0.29, 0.717) is 38.0 Å². The molecular weight excluding hydrogens is 368 g/mol. The highest BCUT2D eigenvalue weighted by Gasteiger charge is 2.51. The minimum Gasteiger partial charge on any atom is -0.368 e. The number of fused-ring (bicyclic) bond motifs is 1. The molecule has 7 nitrogen and oxygen atoms in total. The molecule has 1 atom stereocenters. The number of H-pyrrole nitrogens is 1. The van der Waals surface area contributed by atoms with E-state index in [0.717, 1.165) is 23.7 Å². The fraction of sp³-hybridized carbons (Fsp3) is 0.545. The first kappa shape index (κ1) is 18.6.